The maximum atomic E-state index is 13.6. The molecule has 3 aromatic rings. The molecule has 1 amide bonds. The third-order valence-electron chi connectivity index (χ3n) is 6.78. The number of allylic oxidation sites excluding steroid dienone is 1. The number of nitrogens with two attached hydrogens (primary N) is 1. The Labute approximate surface area is 209 Å². The second-order valence-corrected chi connectivity index (χ2v) is 9.27. The van der Waals surface area contributed by atoms with Gasteiger partial charge in [-0.3, -0.25) is 19.1 Å². The van der Waals surface area contributed by atoms with Crippen molar-refractivity contribution in [3.8, 4) is 0 Å². The van der Waals surface area contributed by atoms with E-state index in [1.807, 2.05) is 44.2 Å². The van der Waals surface area contributed by atoms with E-state index in [1.165, 1.54) is 21.5 Å². The minimum atomic E-state index is -0.662. The number of nitrogens with one attached hydrogen (secondary N) is 1. The standard InChI is InChI=1S/C27H33N5O4/c1-18-22(19(2)36-30-18)13-14-23(33)31(16-15-20-9-5-3-6-10-20)24-25(28)32(27(35)29-26(24)34)17-21-11-7-4-8-12-21/h4,7-9,11-12H,3,5-6,10,13-17,28H2,1-2H3,(H,29,34,35). The lowest BCUT2D eigenvalue weighted by Gasteiger charge is -2.26. The summed E-state index contributed by atoms with van der Waals surface area (Å²) in [6.07, 6.45) is 7.75. The lowest BCUT2D eigenvalue weighted by atomic mass is 9.97. The summed E-state index contributed by atoms with van der Waals surface area (Å²) in [6.45, 7) is 4.14. The quantitative estimate of drug-likeness (QED) is 0.440. The molecule has 9 nitrogen and oxygen atoms in total. The van der Waals surface area contributed by atoms with Crippen LogP contribution in [0, 0.1) is 13.8 Å². The maximum Gasteiger partial charge on any atom is 0.330 e. The Morgan fingerprint density at radius 2 is 1.94 bits per heavy atom. The van der Waals surface area contributed by atoms with Crippen LogP contribution in [0.1, 0.15) is 61.1 Å². The summed E-state index contributed by atoms with van der Waals surface area (Å²) < 4.78 is 6.53. The van der Waals surface area contributed by atoms with E-state index in [-0.39, 0.29) is 30.4 Å². The molecule has 36 heavy (non-hydrogen) atoms. The Kier molecular flexibility index (Phi) is 7.87. The van der Waals surface area contributed by atoms with Crippen LogP contribution in [-0.4, -0.2) is 27.2 Å². The van der Waals surface area contributed by atoms with Gasteiger partial charge in [0.1, 0.15) is 11.6 Å². The smallest absolute Gasteiger partial charge is 0.330 e. The van der Waals surface area contributed by atoms with Crippen LogP contribution in [0.15, 0.2) is 56.1 Å². The lowest BCUT2D eigenvalue weighted by molar-refractivity contribution is -0.118. The van der Waals surface area contributed by atoms with E-state index >= 15 is 0 Å². The van der Waals surface area contributed by atoms with Crippen molar-refractivity contribution in [1.29, 1.82) is 0 Å². The monoisotopic (exact) mass is 491 g/mol. The van der Waals surface area contributed by atoms with E-state index in [0.717, 1.165) is 36.1 Å². The van der Waals surface area contributed by atoms with Gasteiger partial charge in [-0.25, -0.2) is 4.79 Å². The Balaban J connectivity index is 1.67. The molecular weight excluding hydrogens is 458 g/mol. The first kappa shape index (κ1) is 25.2. The number of nitrogens with zero attached hydrogens (tertiary/aromatic N) is 3. The molecule has 0 bridgehead atoms. The number of carbonyl (C=O) groups is 1. The summed E-state index contributed by atoms with van der Waals surface area (Å²) in [5.74, 6) is 0.414. The van der Waals surface area contributed by atoms with Crippen LogP contribution < -0.4 is 21.9 Å². The molecule has 9 heteroatoms. The molecular formula is C27H33N5O4. The van der Waals surface area contributed by atoms with Gasteiger partial charge in [0.2, 0.25) is 5.91 Å². The molecule has 4 rings (SSSR count). The van der Waals surface area contributed by atoms with Gasteiger partial charge >= 0.3 is 5.69 Å². The second kappa shape index (κ2) is 11.2. The predicted molar refractivity (Wildman–Crippen MR) is 139 cm³/mol. The summed E-state index contributed by atoms with van der Waals surface area (Å²) in [5, 5.41) is 3.96. The van der Waals surface area contributed by atoms with Crippen LogP contribution in [0.2, 0.25) is 0 Å². The summed E-state index contributed by atoms with van der Waals surface area (Å²) in [5.41, 5.74) is 8.93. The maximum absolute atomic E-state index is 13.6. The van der Waals surface area contributed by atoms with E-state index in [1.54, 1.807) is 0 Å². The van der Waals surface area contributed by atoms with Crippen molar-refractivity contribution in [2.24, 2.45) is 0 Å². The van der Waals surface area contributed by atoms with Crippen LogP contribution in [0.3, 0.4) is 0 Å². The summed E-state index contributed by atoms with van der Waals surface area (Å²) in [4.78, 5) is 43.1. The third-order valence-corrected chi connectivity index (χ3v) is 6.78. The average Bonchev–Trinajstić information content (AvgIpc) is 3.20. The summed E-state index contributed by atoms with van der Waals surface area (Å²) >= 11 is 0. The van der Waals surface area contributed by atoms with Crippen LogP contribution >= 0.6 is 0 Å². The number of carbonyl (C=O) groups excluding carboxylic acids is 1. The van der Waals surface area contributed by atoms with Gasteiger partial charge in [0.15, 0.2) is 5.69 Å². The molecule has 2 heterocycles. The summed E-state index contributed by atoms with van der Waals surface area (Å²) in [7, 11) is 0. The number of anilines is 2. The van der Waals surface area contributed by atoms with Gasteiger partial charge < -0.3 is 15.2 Å². The number of hydrogen-bond donors (Lipinski definition) is 2. The number of nitrogen functional groups attached to an aromatic ring is 1. The van der Waals surface area contributed by atoms with E-state index in [9.17, 15) is 14.4 Å². The molecule has 0 saturated carbocycles. The van der Waals surface area contributed by atoms with Gasteiger partial charge in [-0.2, -0.15) is 0 Å². The molecule has 0 spiro atoms. The second-order valence-electron chi connectivity index (χ2n) is 9.27. The molecule has 0 fully saturated rings. The number of benzene rings is 1. The molecule has 0 atom stereocenters. The first-order valence-electron chi connectivity index (χ1n) is 12.4. The van der Waals surface area contributed by atoms with Gasteiger partial charge in [0.25, 0.3) is 5.56 Å². The minimum Gasteiger partial charge on any atom is -0.383 e. The minimum absolute atomic E-state index is 0.0177. The number of hydrogen-bond acceptors (Lipinski definition) is 6. The Bertz CT molecular complexity index is 1350. The fourth-order valence-corrected chi connectivity index (χ4v) is 4.74. The van der Waals surface area contributed by atoms with Crippen LogP contribution in [0.4, 0.5) is 11.5 Å². The highest BCUT2D eigenvalue weighted by Gasteiger charge is 2.25. The fourth-order valence-electron chi connectivity index (χ4n) is 4.74. The van der Waals surface area contributed by atoms with E-state index < -0.39 is 11.2 Å². The topological polar surface area (TPSA) is 127 Å². The zero-order valence-electron chi connectivity index (χ0n) is 20.9. The fraction of sp³-hybridized carbons (Fsp3) is 0.407. The van der Waals surface area contributed by atoms with Gasteiger partial charge in [0, 0.05) is 18.5 Å². The zero-order valence-corrected chi connectivity index (χ0v) is 20.9. The molecule has 3 N–H and O–H groups in total. The molecule has 1 aliphatic rings. The molecule has 1 aromatic carbocycles. The number of amides is 1. The first-order valence-corrected chi connectivity index (χ1v) is 12.4. The SMILES string of the molecule is Cc1noc(C)c1CCC(=O)N(CCC1=CCCCC1)c1c(N)n(Cc2ccccc2)c(=O)[nH]c1=O. The van der Waals surface area contributed by atoms with Gasteiger partial charge in [0.05, 0.1) is 12.2 Å². The molecule has 0 saturated heterocycles. The van der Waals surface area contributed by atoms with Crippen molar-refractivity contribution in [3.63, 3.8) is 0 Å². The first-order chi connectivity index (χ1) is 17.3. The highest BCUT2D eigenvalue weighted by atomic mass is 16.5. The van der Waals surface area contributed by atoms with Crippen molar-refractivity contribution in [1.82, 2.24) is 14.7 Å². The van der Waals surface area contributed by atoms with Crippen LogP contribution in [0.25, 0.3) is 0 Å². The van der Waals surface area contributed by atoms with Crippen LogP contribution in [-0.2, 0) is 17.8 Å². The molecule has 2 aromatic heterocycles. The van der Waals surface area contributed by atoms with Crippen molar-refractivity contribution < 1.29 is 9.32 Å². The third kappa shape index (κ3) is 5.67. The normalized spacial score (nSPS) is 13.4. The van der Waals surface area contributed by atoms with E-state index in [4.69, 9.17) is 10.3 Å². The van der Waals surface area contributed by atoms with E-state index in [0.29, 0.717) is 25.1 Å². The predicted octanol–water partition coefficient (Wildman–Crippen LogP) is 3.63. The van der Waals surface area contributed by atoms with Gasteiger partial charge in [-0.05, 0) is 57.9 Å². The Morgan fingerprint density at radius 1 is 1.17 bits per heavy atom. The number of rotatable bonds is 9. The zero-order chi connectivity index (χ0) is 25.7. The number of H-pyrrole nitrogens is 1. The summed E-state index contributed by atoms with van der Waals surface area (Å²) in [6, 6.07) is 9.36. The molecule has 0 aliphatic heterocycles. The molecule has 1 aliphatic carbocycles. The van der Waals surface area contributed by atoms with E-state index in [2.05, 4.69) is 16.2 Å². The van der Waals surface area contributed by atoms with Crippen molar-refractivity contribution in [2.45, 2.75) is 65.3 Å². The van der Waals surface area contributed by atoms with Gasteiger partial charge in [-0.15, -0.1) is 0 Å². The molecule has 0 unspecified atom stereocenters. The largest absolute Gasteiger partial charge is 0.383 e. The van der Waals surface area contributed by atoms with Crippen LogP contribution in [0.5, 0.6) is 0 Å². The molecule has 0 radical (unpaired) electrons. The van der Waals surface area contributed by atoms with Gasteiger partial charge in [-0.1, -0.05) is 47.1 Å². The number of aromatic nitrogens is 3. The van der Waals surface area contributed by atoms with Crippen molar-refractivity contribution in [3.05, 3.63) is 85.4 Å². The van der Waals surface area contributed by atoms with Crippen molar-refractivity contribution in [2.75, 3.05) is 17.2 Å². The number of aromatic amines is 1. The highest BCUT2D eigenvalue weighted by Crippen LogP contribution is 2.25. The lowest BCUT2D eigenvalue weighted by Crippen LogP contribution is -2.42. The average molecular weight is 492 g/mol. The highest BCUT2D eigenvalue weighted by molar-refractivity contribution is 5.95. The molecule has 190 valence electrons. The Hall–Kier alpha value is -3.88. The Morgan fingerprint density at radius 3 is 2.61 bits per heavy atom. The van der Waals surface area contributed by atoms with Crippen molar-refractivity contribution >= 4 is 17.4 Å². The number of aryl methyl sites for hydroxylation is 2.